The van der Waals surface area contributed by atoms with Crippen LogP contribution in [0.15, 0.2) is 35.5 Å². The number of fused-ring (bicyclic) bond motifs is 1. The van der Waals surface area contributed by atoms with Gasteiger partial charge in [-0.05, 0) is 12.5 Å². The van der Waals surface area contributed by atoms with Crippen LogP contribution in [0, 0.1) is 5.92 Å². The minimum absolute atomic E-state index is 0.00998. The van der Waals surface area contributed by atoms with Crippen LogP contribution in [0.4, 0.5) is 13.2 Å². The van der Waals surface area contributed by atoms with Gasteiger partial charge in [-0.2, -0.15) is 13.2 Å². The van der Waals surface area contributed by atoms with Crippen LogP contribution < -0.4 is 5.32 Å². The van der Waals surface area contributed by atoms with Gasteiger partial charge < -0.3 is 14.5 Å². The lowest BCUT2D eigenvalue weighted by atomic mass is 10.1. The minimum Gasteiger partial charge on any atom is -0.443 e. The van der Waals surface area contributed by atoms with Crippen molar-refractivity contribution in [2.75, 3.05) is 19.8 Å². The first-order chi connectivity index (χ1) is 12.9. The first-order valence-corrected chi connectivity index (χ1v) is 8.26. The molecule has 1 atom stereocenters. The fourth-order valence-electron chi connectivity index (χ4n) is 3.01. The van der Waals surface area contributed by atoms with E-state index >= 15 is 0 Å². The quantitative estimate of drug-likeness (QED) is 0.753. The summed E-state index contributed by atoms with van der Waals surface area (Å²) in [6.07, 6.45) is 0.755. The molecule has 3 aromatic rings. The molecule has 0 aliphatic carbocycles. The van der Waals surface area contributed by atoms with Gasteiger partial charge in [-0.3, -0.25) is 9.20 Å². The highest BCUT2D eigenvalue weighted by Gasteiger charge is 2.33. The predicted molar refractivity (Wildman–Crippen MR) is 87.0 cm³/mol. The lowest BCUT2D eigenvalue weighted by Gasteiger charge is -2.12. The van der Waals surface area contributed by atoms with Crippen LogP contribution >= 0.6 is 0 Å². The molecule has 4 rings (SSSR count). The monoisotopic (exact) mass is 380 g/mol. The molecule has 7 nitrogen and oxygen atoms in total. The van der Waals surface area contributed by atoms with Gasteiger partial charge >= 0.3 is 6.18 Å². The Morgan fingerprint density at radius 3 is 2.89 bits per heavy atom. The van der Waals surface area contributed by atoms with E-state index in [-0.39, 0.29) is 28.6 Å². The van der Waals surface area contributed by atoms with Gasteiger partial charge in [0.15, 0.2) is 12.2 Å². The van der Waals surface area contributed by atoms with E-state index in [0.717, 1.165) is 29.5 Å². The average Bonchev–Trinajstić information content (AvgIpc) is 3.39. The van der Waals surface area contributed by atoms with Crippen LogP contribution in [0.5, 0.6) is 0 Å². The first kappa shape index (κ1) is 17.5. The standard InChI is InChI=1S/C17H15F3N4O3/c18-17(19,20)11-3-12(14-6-21-9-27-14)15-22-5-13(24(15)7-11)16(25)23-4-10-1-2-26-8-10/h3,5-7,9-10H,1-2,4,8H2,(H,23,25). The second kappa shape index (κ2) is 6.69. The van der Waals surface area contributed by atoms with Crippen molar-refractivity contribution in [3.63, 3.8) is 0 Å². The number of nitrogens with zero attached hydrogens (tertiary/aromatic N) is 3. The van der Waals surface area contributed by atoms with Gasteiger partial charge in [-0.25, -0.2) is 9.97 Å². The van der Waals surface area contributed by atoms with E-state index in [4.69, 9.17) is 9.15 Å². The van der Waals surface area contributed by atoms with Crippen LogP contribution in [-0.4, -0.2) is 40.0 Å². The Balaban J connectivity index is 1.73. The molecule has 1 aliphatic rings. The number of carbonyl (C=O) groups is 1. The van der Waals surface area contributed by atoms with Crippen LogP contribution in [0.25, 0.3) is 17.0 Å². The molecule has 1 amide bonds. The molecular formula is C17H15F3N4O3. The number of nitrogens with one attached hydrogen (secondary N) is 1. The van der Waals surface area contributed by atoms with Crippen molar-refractivity contribution in [1.82, 2.24) is 19.7 Å². The molecule has 1 saturated heterocycles. The molecule has 4 heterocycles. The summed E-state index contributed by atoms with van der Waals surface area (Å²) in [4.78, 5) is 20.4. The second-order valence-corrected chi connectivity index (χ2v) is 6.28. The van der Waals surface area contributed by atoms with Gasteiger partial charge in [0.2, 0.25) is 0 Å². The SMILES string of the molecule is O=C(NCC1CCOC1)c1cnc2c(-c3cnco3)cc(C(F)(F)F)cn12. The maximum atomic E-state index is 13.3. The van der Waals surface area contributed by atoms with E-state index < -0.39 is 17.6 Å². The Morgan fingerprint density at radius 2 is 2.22 bits per heavy atom. The normalized spacial score (nSPS) is 17.5. The number of halogens is 3. The molecule has 1 aliphatic heterocycles. The van der Waals surface area contributed by atoms with Crippen LogP contribution in [-0.2, 0) is 10.9 Å². The van der Waals surface area contributed by atoms with E-state index in [0.29, 0.717) is 19.8 Å². The molecule has 0 radical (unpaired) electrons. The zero-order chi connectivity index (χ0) is 19.0. The van der Waals surface area contributed by atoms with Gasteiger partial charge in [-0.15, -0.1) is 0 Å². The third-order valence-electron chi connectivity index (χ3n) is 4.44. The summed E-state index contributed by atoms with van der Waals surface area (Å²) < 4.78 is 51.5. The third kappa shape index (κ3) is 3.39. The fourth-order valence-corrected chi connectivity index (χ4v) is 3.01. The van der Waals surface area contributed by atoms with Gasteiger partial charge in [0.05, 0.1) is 30.1 Å². The van der Waals surface area contributed by atoms with Gasteiger partial charge in [-0.1, -0.05) is 0 Å². The molecule has 142 valence electrons. The summed E-state index contributed by atoms with van der Waals surface area (Å²) in [5.74, 6) is -0.173. The fraction of sp³-hybridized carbons (Fsp3) is 0.353. The Kier molecular flexibility index (Phi) is 4.34. The number of imidazole rings is 1. The molecule has 1 fully saturated rings. The number of amides is 1. The lowest BCUT2D eigenvalue weighted by molar-refractivity contribution is -0.137. The molecule has 1 N–H and O–H groups in total. The number of oxazole rings is 1. The zero-order valence-corrected chi connectivity index (χ0v) is 14.0. The molecule has 10 heteroatoms. The highest BCUT2D eigenvalue weighted by molar-refractivity contribution is 5.94. The summed E-state index contributed by atoms with van der Waals surface area (Å²) in [6, 6.07) is 0.931. The average molecular weight is 380 g/mol. The maximum Gasteiger partial charge on any atom is 0.417 e. The Labute approximate surface area is 151 Å². The van der Waals surface area contributed by atoms with Crippen molar-refractivity contribution in [3.05, 3.63) is 42.3 Å². The Bertz CT molecular complexity index is 960. The largest absolute Gasteiger partial charge is 0.443 e. The van der Waals surface area contributed by atoms with Crippen molar-refractivity contribution in [2.24, 2.45) is 5.92 Å². The number of rotatable bonds is 4. The van der Waals surface area contributed by atoms with Crippen LogP contribution in [0.3, 0.4) is 0 Å². The van der Waals surface area contributed by atoms with Crippen molar-refractivity contribution in [1.29, 1.82) is 0 Å². The summed E-state index contributed by atoms with van der Waals surface area (Å²) in [6.45, 7) is 1.59. The number of aromatic nitrogens is 3. The van der Waals surface area contributed by atoms with Gasteiger partial charge in [0.1, 0.15) is 11.3 Å². The number of carbonyl (C=O) groups excluding carboxylic acids is 1. The van der Waals surface area contributed by atoms with Crippen molar-refractivity contribution < 1.29 is 27.1 Å². The topological polar surface area (TPSA) is 81.7 Å². The molecule has 0 saturated carbocycles. The molecular weight excluding hydrogens is 365 g/mol. The molecule has 3 aromatic heterocycles. The maximum absolute atomic E-state index is 13.3. The molecule has 0 spiro atoms. The van der Waals surface area contributed by atoms with Gasteiger partial charge in [0.25, 0.3) is 5.91 Å². The van der Waals surface area contributed by atoms with E-state index in [9.17, 15) is 18.0 Å². The summed E-state index contributed by atoms with van der Waals surface area (Å²) in [7, 11) is 0. The molecule has 0 aromatic carbocycles. The Morgan fingerprint density at radius 1 is 1.37 bits per heavy atom. The van der Waals surface area contributed by atoms with Crippen molar-refractivity contribution >= 4 is 11.6 Å². The van der Waals surface area contributed by atoms with E-state index in [1.165, 1.54) is 12.4 Å². The third-order valence-corrected chi connectivity index (χ3v) is 4.44. The number of ether oxygens (including phenoxy) is 1. The van der Waals surface area contributed by atoms with Crippen molar-refractivity contribution in [3.8, 4) is 11.3 Å². The summed E-state index contributed by atoms with van der Waals surface area (Å²) >= 11 is 0. The predicted octanol–water partition coefficient (Wildman–Crippen LogP) is 2.77. The second-order valence-electron chi connectivity index (χ2n) is 6.28. The molecule has 1 unspecified atom stereocenters. The van der Waals surface area contributed by atoms with E-state index in [1.54, 1.807) is 0 Å². The number of hydrogen-bond donors (Lipinski definition) is 1. The van der Waals surface area contributed by atoms with Gasteiger partial charge in [0, 0.05) is 25.3 Å². The summed E-state index contributed by atoms with van der Waals surface area (Å²) in [5, 5.41) is 2.73. The highest BCUT2D eigenvalue weighted by atomic mass is 19.4. The first-order valence-electron chi connectivity index (χ1n) is 8.26. The number of pyridine rings is 1. The summed E-state index contributed by atoms with van der Waals surface area (Å²) in [5.41, 5.74) is -0.631. The van der Waals surface area contributed by atoms with E-state index in [1.807, 2.05) is 0 Å². The highest BCUT2D eigenvalue weighted by Crippen LogP contribution is 2.34. The molecule has 0 bridgehead atoms. The lowest BCUT2D eigenvalue weighted by Crippen LogP contribution is -2.30. The number of hydrogen-bond acceptors (Lipinski definition) is 5. The van der Waals surface area contributed by atoms with Crippen LogP contribution in [0.2, 0.25) is 0 Å². The minimum atomic E-state index is -4.60. The smallest absolute Gasteiger partial charge is 0.417 e. The number of alkyl halides is 3. The Hall–Kier alpha value is -2.88. The van der Waals surface area contributed by atoms with E-state index in [2.05, 4.69) is 15.3 Å². The van der Waals surface area contributed by atoms with Crippen LogP contribution in [0.1, 0.15) is 22.5 Å². The van der Waals surface area contributed by atoms with Crippen molar-refractivity contribution in [2.45, 2.75) is 12.6 Å². The molecule has 27 heavy (non-hydrogen) atoms. The zero-order valence-electron chi connectivity index (χ0n) is 14.0.